The van der Waals surface area contributed by atoms with Crippen LogP contribution in [0.2, 0.25) is 0 Å². The van der Waals surface area contributed by atoms with E-state index in [4.69, 9.17) is 9.47 Å². The maximum atomic E-state index is 13.0. The fourth-order valence-corrected chi connectivity index (χ4v) is 2.92. The SMILES string of the molecule is CC(=O)Oc1cc2c(c(OC(C)=O)c1)C(=O)c1ccccc1CC2. The average Bonchev–Trinajstić information content (AvgIpc) is 2.64. The number of ketones is 1. The van der Waals surface area contributed by atoms with Gasteiger partial charge in [-0.15, -0.1) is 0 Å². The van der Waals surface area contributed by atoms with Gasteiger partial charge in [-0.1, -0.05) is 24.3 Å². The lowest BCUT2D eigenvalue weighted by molar-refractivity contribution is -0.132. The second kappa shape index (κ2) is 6.28. The van der Waals surface area contributed by atoms with E-state index in [-0.39, 0.29) is 17.3 Å². The van der Waals surface area contributed by atoms with Crippen LogP contribution in [0.5, 0.6) is 11.5 Å². The summed E-state index contributed by atoms with van der Waals surface area (Å²) in [5, 5.41) is 0. The lowest BCUT2D eigenvalue weighted by atomic mass is 9.97. The van der Waals surface area contributed by atoms with Crippen LogP contribution in [0.1, 0.15) is 40.9 Å². The van der Waals surface area contributed by atoms with Crippen molar-refractivity contribution in [2.24, 2.45) is 0 Å². The first-order valence-electron chi connectivity index (χ1n) is 7.62. The van der Waals surface area contributed by atoms with Gasteiger partial charge in [-0.05, 0) is 30.0 Å². The molecule has 0 spiro atoms. The van der Waals surface area contributed by atoms with Gasteiger partial charge in [-0.25, -0.2) is 0 Å². The van der Waals surface area contributed by atoms with Crippen molar-refractivity contribution >= 4 is 17.7 Å². The van der Waals surface area contributed by atoms with Crippen LogP contribution in [-0.4, -0.2) is 17.7 Å². The molecule has 2 aromatic carbocycles. The first-order valence-corrected chi connectivity index (χ1v) is 7.62. The summed E-state index contributed by atoms with van der Waals surface area (Å²) >= 11 is 0. The second-order valence-electron chi connectivity index (χ2n) is 5.63. The third kappa shape index (κ3) is 3.06. The molecule has 0 heterocycles. The predicted molar refractivity (Wildman–Crippen MR) is 86.3 cm³/mol. The number of fused-ring (bicyclic) bond motifs is 2. The first kappa shape index (κ1) is 15.9. The van der Waals surface area contributed by atoms with Gasteiger partial charge in [0.2, 0.25) is 0 Å². The third-order valence-electron chi connectivity index (χ3n) is 3.83. The van der Waals surface area contributed by atoms with Gasteiger partial charge in [-0.2, -0.15) is 0 Å². The van der Waals surface area contributed by atoms with E-state index >= 15 is 0 Å². The van der Waals surface area contributed by atoms with Crippen molar-refractivity contribution in [2.75, 3.05) is 0 Å². The smallest absolute Gasteiger partial charge is 0.308 e. The molecule has 2 aromatic rings. The number of carbonyl (C=O) groups is 3. The number of benzene rings is 2. The van der Waals surface area contributed by atoms with Crippen LogP contribution in [0.3, 0.4) is 0 Å². The summed E-state index contributed by atoms with van der Waals surface area (Å²) in [5.74, 6) is -0.826. The summed E-state index contributed by atoms with van der Waals surface area (Å²) in [6, 6.07) is 10.4. The Balaban J connectivity index is 2.17. The van der Waals surface area contributed by atoms with Gasteiger partial charge in [0.05, 0.1) is 5.56 Å². The van der Waals surface area contributed by atoms with Gasteiger partial charge < -0.3 is 9.47 Å². The van der Waals surface area contributed by atoms with Crippen LogP contribution in [-0.2, 0) is 22.4 Å². The van der Waals surface area contributed by atoms with E-state index in [1.54, 1.807) is 18.2 Å². The zero-order valence-electron chi connectivity index (χ0n) is 13.4. The molecule has 0 radical (unpaired) electrons. The number of hydrogen-bond donors (Lipinski definition) is 0. The molecule has 5 heteroatoms. The highest BCUT2D eigenvalue weighted by Gasteiger charge is 2.26. The number of aryl methyl sites for hydroxylation is 2. The minimum atomic E-state index is -0.539. The van der Waals surface area contributed by atoms with Gasteiger partial charge in [0.1, 0.15) is 11.5 Å². The lowest BCUT2D eigenvalue weighted by Gasteiger charge is -2.13. The monoisotopic (exact) mass is 324 g/mol. The number of hydrogen-bond acceptors (Lipinski definition) is 5. The Morgan fingerprint density at radius 2 is 1.58 bits per heavy atom. The third-order valence-corrected chi connectivity index (χ3v) is 3.83. The average molecular weight is 324 g/mol. The molecule has 5 nitrogen and oxygen atoms in total. The summed E-state index contributed by atoms with van der Waals surface area (Å²) in [5.41, 5.74) is 2.60. The van der Waals surface area contributed by atoms with Crippen LogP contribution >= 0.6 is 0 Å². The first-order chi connectivity index (χ1) is 11.5. The zero-order valence-corrected chi connectivity index (χ0v) is 13.4. The maximum Gasteiger partial charge on any atom is 0.308 e. The molecule has 24 heavy (non-hydrogen) atoms. The standard InChI is InChI=1S/C19H16O5/c1-11(20)23-15-9-14-8-7-13-5-3-4-6-16(13)19(22)18(14)17(10-15)24-12(2)21/h3-6,9-10H,7-8H2,1-2H3. The zero-order chi connectivity index (χ0) is 17.3. The number of carbonyl (C=O) groups excluding carboxylic acids is 3. The molecular formula is C19H16O5. The highest BCUT2D eigenvalue weighted by Crippen LogP contribution is 2.35. The van der Waals surface area contributed by atoms with E-state index in [1.165, 1.54) is 19.9 Å². The molecule has 0 saturated heterocycles. The lowest BCUT2D eigenvalue weighted by Crippen LogP contribution is -2.12. The van der Waals surface area contributed by atoms with Crippen molar-refractivity contribution in [1.82, 2.24) is 0 Å². The molecule has 1 aliphatic carbocycles. The molecule has 0 aromatic heterocycles. The summed E-state index contributed by atoms with van der Waals surface area (Å²) in [6.07, 6.45) is 1.26. The van der Waals surface area contributed by atoms with Gasteiger partial charge in [0, 0.05) is 25.5 Å². The maximum absolute atomic E-state index is 13.0. The van der Waals surface area contributed by atoms with Crippen LogP contribution in [0.15, 0.2) is 36.4 Å². The molecule has 0 atom stereocenters. The molecule has 0 unspecified atom stereocenters. The summed E-state index contributed by atoms with van der Waals surface area (Å²) in [6.45, 7) is 2.55. The van der Waals surface area contributed by atoms with Gasteiger partial charge in [0.15, 0.2) is 5.78 Å². The largest absolute Gasteiger partial charge is 0.427 e. The van der Waals surface area contributed by atoms with Gasteiger partial charge >= 0.3 is 11.9 Å². The van der Waals surface area contributed by atoms with E-state index in [2.05, 4.69) is 0 Å². The fourth-order valence-electron chi connectivity index (χ4n) is 2.92. The molecule has 1 aliphatic rings. The predicted octanol–water partition coefficient (Wildman–Crippen LogP) is 2.87. The Labute approximate surface area is 139 Å². The molecule has 0 bridgehead atoms. The van der Waals surface area contributed by atoms with Gasteiger partial charge in [-0.3, -0.25) is 14.4 Å². The Morgan fingerprint density at radius 3 is 2.29 bits per heavy atom. The van der Waals surface area contributed by atoms with E-state index in [0.717, 1.165) is 5.56 Å². The molecule has 122 valence electrons. The molecular weight excluding hydrogens is 308 g/mol. The van der Waals surface area contributed by atoms with E-state index in [1.807, 2.05) is 12.1 Å². The molecule has 0 fully saturated rings. The highest BCUT2D eigenvalue weighted by atomic mass is 16.5. The second-order valence-corrected chi connectivity index (χ2v) is 5.63. The van der Waals surface area contributed by atoms with Crippen LogP contribution < -0.4 is 9.47 Å². The number of esters is 2. The summed E-state index contributed by atoms with van der Waals surface area (Å²) in [4.78, 5) is 35.6. The van der Waals surface area contributed by atoms with Crippen LogP contribution in [0.4, 0.5) is 0 Å². The van der Waals surface area contributed by atoms with Crippen LogP contribution in [0.25, 0.3) is 0 Å². The topological polar surface area (TPSA) is 69.7 Å². The van der Waals surface area contributed by atoms with E-state index in [0.29, 0.717) is 29.5 Å². The van der Waals surface area contributed by atoms with Crippen LogP contribution in [0, 0.1) is 0 Å². The van der Waals surface area contributed by atoms with Crippen molar-refractivity contribution < 1.29 is 23.9 Å². The normalized spacial score (nSPS) is 12.7. The number of rotatable bonds is 2. The minimum absolute atomic E-state index is 0.123. The molecule has 0 amide bonds. The Bertz CT molecular complexity index is 851. The fraction of sp³-hybridized carbons (Fsp3) is 0.211. The Kier molecular flexibility index (Phi) is 4.16. The number of ether oxygens (including phenoxy) is 2. The van der Waals surface area contributed by atoms with Crippen molar-refractivity contribution in [3.8, 4) is 11.5 Å². The molecule has 0 N–H and O–H groups in total. The Hall–Kier alpha value is -2.95. The van der Waals surface area contributed by atoms with Crippen molar-refractivity contribution in [1.29, 1.82) is 0 Å². The quantitative estimate of drug-likeness (QED) is 0.627. The Morgan fingerprint density at radius 1 is 0.917 bits per heavy atom. The summed E-state index contributed by atoms with van der Waals surface area (Å²) < 4.78 is 10.3. The van der Waals surface area contributed by atoms with E-state index in [9.17, 15) is 14.4 Å². The molecule has 0 saturated carbocycles. The van der Waals surface area contributed by atoms with E-state index < -0.39 is 11.9 Å². The van der Waals surface area contributed by atoms with Gasteiger partial charge in [0.25, 0.3) is 0 Å². The van der Waals surface area contributed by atoms with Crippen molar-refractivity contribution in [3.05, 3.63) is 58.7 Å². The van der Waals surface area contributed by atoms with Crippen molar-refractivity contribution in [2.45, 2.75) is 26.7 Å². The highest BCUT2D eigenvalue weighted by molar-refractivity contribution is 6.13. The minimum Gasteiger partial charge on any atom is -0.427 e. The molecule has 3 rings (SSSR count). The summed E-state index contributed by atoms with van der Waals surface area (Å²) in [7, 11) is 0. The molecule has 0 aliphatic heterocycles. The van der Waals surface area contributed by atoms with Crippen molar-refractivity contribution in [3.63, 3.8) is 0 Å².